The highest BCUT2D eigenvalue weighted by Gasteiger charge is 2.06. The van der Waals surface area contributed by atoms with E-state index in [0.29, 0.717) is 6.61 Å². The van der Waals surface area contributed by atoms with Crippen LogP contribution in [0.25, 0.3) is 0 Å². The standard InChI is InChI=1S/C13H11BrO2S/c14-11-5-3-10(4-6-11)8-16-9-12(15)13-2-1-7-17-13/h1-7H,8-9H2. The van der Waals surface area contributed by atoms with E-state index < -0.39 is 0 Å². The van der Waals surface area contributed by atoms with Gasteiger partial charge in [-0.1, -0.05) is 34.1 Å². The van der Waals surface area contributed by atoms with Gasteiger partial charge < -0.3 is 4.74 Å². The largest absolute Gasteiger partial charge is 0.369 e. The Morgan fingerprint density at radius 1 is 1.24 bits per heavy atom. The lowest BCUT2D eigenvalue weighted by Crippen LogP contribution is -2.07. The smallest absolute Gasteiger partial charge is 0.198 e. The van der Waals surface area contributed by atoms with Crippen LogP contribution < -0.4 is 0 Å². The number of carbonyl (C=O) groups excluding carboxylic acids is 1. The number of thiophene rings is 1. The number of carbonyl (C=O) groups is 1. The van der Waals surface area contributed by atoms with Crippen LogP contribution in [-0.4, -0.2) is 12.4 Å². The highest BCUT2D eigenvalue weighted by atomic mass is 79.9. The number of rotatable bonds is 5. The molecular weight excluding hydrogens is 300 g/mol. The fraction of sp³-hybridized carbons (Fsp3) is 0.154. The third-order valence-corrected chi connectivity index (χ3v) is 3.65. The molecule has 1 heterocycles. The Balaban J connectivity index is 1.80. The fourth-order valence-corrected chi connectivity index (χ4v) is 2.27. The van der Waals surface area contributed by atoms with Crippen molar-refractivity contribution in [2.24, 2.45) is 0 Å². The molecule has 0 spiro atoms. The molecular formula is C13H11BrO2S. The molecule has 1 aromatic heterocycles. The van der Waals surface area contributed by atoms with Crippen LogP contribution >= 0.6 is 27.3 Å². The van der Waals surface area contributed by atoms with Crippen molar-refractivity contribution in [3.05, 3.63) is 56.7 Å². The molecule has 4 heteroatoms. The summed E-state index contributed by atoms with van der Waals surface area (Å²) >= 11 is 4.81. The van der Waals surface area contributed by atoms with Gasteiger partial charge in [-0.3, -0.25) is 4.79 Å². The Morgan fingerprint density at radius 3 is 2.65 bits per heavy atom. The lowest BCUT2D eigenvalue weighted by atomic mass is 10.2. The molecule has 1 aromatic carbocycles. The number of benzene rings is 1. The molecule has 2 rings (SSSR count). The molecule has 0 saturated heterocycles. The molecule has 0 atom stereocenters. The van der Waals surface area contributed by atoms with E-state index in [0.717, 1.165) is 14.9 Å². The van der Waals surface area contributed by atoms with E-state index in [9.17, 15) is 4.79 Å². The van der Waals surface area contributed by atoms with Crippen molar-refractivity contribution < 1.29 is 9.53 Å². The van der Waals surface area contributed by atoms with E-state index in [1.165, 1.54) is 11.3 Å². The molecule has 0 radical (unpaired) electrons. The van der Waals surface area contributed by atoms with Crippen molar-refractivity contribution in [3.8, 4) is 0 Å². The molecule has 0 fully saturated rings. The van der Waals surface area contributed by atoms with Crippen molar-refractivity contribution in [1.29, 1.82) is 0 Å². The van der Waals surface area contributed by atoms with E-state index in [1.807, 2.05) is 41.8 Å². The van der Waals surface area contributed by atoms with Crippen LogP contribution in [0, 0.1) is 0 Å². The third kappa shape index (κ3) is 3.77. The van der Waals surface area contributed by atoms with Crippen LogP contribution in [-0.2, 0) is 11.3 Å². The van der Waals surface area contributed by atoms with Crippen LogP contribution in [0.2, 0.25) is 0 Å². The topological polar surface area (TPSA) is 26.3 Å². The number of hydrogen-bond acceptors (Lipinski definition) is 3. The molecule has 0 aliphatic carbocycles. The summed E-state index contributed by atoms with van der Waals surface area (Å²) in [5.41, 5.74) is 1.06. The number of ketones is 1. The monoisotopic (exact) mass is 310 g/mol. The van der Waals surface area contributed by atoms with Crippen LogP contribution in [0.5, 0.6) is 0 Å². The van der Waals surface area contributed by atoms with E-state index in [2.05, 4.69) is 15.9 Å². The zero-order chi connectivity index (χ0) is 12.1. The molecule has 0 amide bonds. The minimum Gasteiger partial charge on any atom is -0.369 e. The Morgan fingerprint density at radius 2 is 2.00 bits per heavy atom. The van der Waals surface area contributed by atoms with Crippen LogP contribution in [0.1, 0.15) is 15.2 Å². The number of Topliss-reactive ketones (excluding diaryl/α,β-unsaturated/α-hetero) is 1. The summed E-state index contributed by atoms with van der Waals surface area (Å²) in [6, 6.07) is 11.5. The third-order valence-electron chi connectivity index (χ3n) is 2.21. The SMILES string of the molecule is O=C(COCc1ccc(Br)cc1)c1cccs1. The first-order valence-corrected chi connectivity index (χ1v) is 6.82. The summed E-state index contributed by atoms with van der Waals surface area (Å²) in [5, 5.41) is 1.89. The lowest BCUT2D eigenvalue weighted by Gasteiger charge is -2.03. The van der Waals surface area contributed by atoms with Crippen molar-refractivity contribution in [2.75, 3.05) is 6.61 Å². The summed E-state index contributed by atoms with van der Waals surface area (Å²) in [5.74, 6) is 0.0390. The second kappa shape index (κ2) is 6.10. The predicted octanol–water partition coefficient (Wildman–Crippen LogP) is 3.91. The minimum atomic E-state index is 0.0390. The minimum absolute atomic E-state index is 0.0390. The number of ether oxygens (including phenoxy) is 1. The van der Waals surface area contributed by atoms with Gasteiger partial charge in [-0.25, -0.2) is 0 Å². The molecule has 0 aliphatic rings. The van der Waals surface area contributed by atoms with E-state index in [4.69, 9.17) is 4.74 Å². The first-order chi connectivity index (χ1) is 8.25. The lowest BCUT2D eigenvalue weighted by molar-refractivity contribution is 0.0730. The molecule has 17 heavy (non-hydrogen) atoms. The molecule has 0 saturated carbocycles. The Kier molecular flexibility index (Phi) is 4.48. The zero-order valence-corrected chi connectivity index (χ0v) is 11.5. The zero-order valence-electron chi connectivity index (χ0n) is 9.06. The normalized spacial score (nSPS) is 10.4. The molecule has 0 bridgehead atoms. The molecule has 0 aliphatic heterocycles. The summed E-state index contributed by atoms with van der Waals surface area (Å²) in [4.78, 5) is 12.4. The summed E-state index contributed by atoms with van der Waals surface area (Å²) in [6.07, 6.45) is 0. The Bertz CT molecular complexity index is 477. The van der Waals surface area contributed by atoms with Crippen molar-refractivity contribution in [1.82, 2.24) is 0 Å². The van der Waals surface area contributed by atoms with Crippen molar-refractivity contribution >= 4 is 33.0 Å². The highest BCUT2D eigenvalue weighted by molar-refractivity contribution is 9.10. The first kappa shape index (κ1) is 12.5. The average Bonchev–Trinajstić information content (AvgIpc) is 2.85. The second-order valence-corrected chi connectivity index (χ2v) is 5.38. The van der Waals surface area contributed by atoms with Gasteiger partial charge in [0.15, 0.2) is 5.78 Å². The molecule has 0 unspecified atom stereocenters. The second-order valence-electron chi connectivity index (χ2n) is 3.52. The quantitative estimate of drug-likeness (QED) is 0.783. The molecule has 2 nitrogen and oxygen atoms in total. The van der Waals surface area contributed by atoms with Crippen molar-refractivity contribution in [2.45, 2.75) is 6.61 Å². The van der Waals surface area contributed by atoms with Gasteiger partial charge in [-0.05, 0) is 29.1 Å². The van der Waals surface area contributed by atoms with Gasteiger partial charge in [0, 0.05) is 4.47 Å². The highest BCUT2D eigenvalue weighted by Crippen LogP contribution is 2.12. The molecule has 2 aromatic rings. The van der Waals surface area contributed by atoms with E-state index in [1.54, 1.807) is 0 Å². The van der Waals surface area contributed by atoms with Crippen LogP contribution in [0.15, 0.2) is 46.3 Å². The number of hydrogen-bond donors (Lipinski definition) is 0. The van der Waals surface area contributed by atoms with Crippen LogP contribution in [0.4, 0.5) is 0 Å². The maximum absolute atomic E-state index is 11.6. The predicted molar refractivity (Wildman–Crippen MR) is 72.4 cm³/mol. The van der Waals surface area contributed by atoms with Gasteiger partial charge in [0.25, 0.3) is 0 Å². The Hall–Kier alpha value is -0.970. The number of halogens is 1. The van der Waals surface area contributed by atoms with Crippen molar-refractivity contribution in [3.63, 3.8) is 0 Å². The van der Waals surface area contributed by atoms with Gasteiger partial charge >= 0.3 is 0 Å². The maximum atomic E-state index is 11.6. The molecule has 88 valence electrons. The summed E-state index contributed by atoms with van der Waals surface area (Å²) in [7, 11) is 0. The average molecular weight is 311 g/mol. The van der Waals surface area contributed by atoms with E-state index >= 15 is 0 Å². The summed E-state index contributed by atoms with van der Waals surface area (Å²) < 4.78 is 6.42. The van der Waals surface area contributed by atoms with E-state index in [-0.39, 0.29) is 12.4 Å². The Labute approximate surface area is 112 Å². The van der Waals surface area contributed by atoms with Gasteiger partial charge in [0.2, 0.25) is 0 Å². The first-order valence-electron chi connectivity index (χ1n) is 5.14. The summed E-state index contributed by atoms with van der Waals surface area (Å²) in [6.45, 7) is 0.598. The molecule has 0 N–H and O–H groups in total. The van der Waals surface area contributed by atoms with Crippen LogP contribution in [0.3, 0.4) is 0 Å². The van der Waals surface area contributed by atoms with Gasteiger partial charge in [-0.15, -0.1) is 11.3 Å². The van der Waals surface area contributed by atoms with Gasteiger partial charge in [0.1, 0.15) is 6.61 Å². The van der Waals surface area contributed by atoms with Gasteiger partial charge in [-0.2, -0.15) is 0 Å². The van der Waals surface area contributed by atoms with Gasteiger partial charge in [0.05, 0.1) is 11.5 Å². The fourth-order valence-electron chi connectivity index (χ4n) is 1.35. The maximum Gasteiger partial charge on any atom is 0.198 e.